The number of nitrogens with one attached hydrogen (secondary N) is 1. The number of carbonyl (C=O) groups excluding carboxylic acids is 1. The molecule has 1 amide bonds. The second-order valence-electron chi connectivity index (χ2n) is 6.75. The van der Waals surface area contributed by atoms with Crippen LogP contribution in [0.1, 0.15) is 40.7 Å². The topological polar surface area (TPSA) is 66.5 Å². The fourth-order valence-corrected chi connectivity index (χ4v) is 4.29. The Morgan fingerprint density at radius 1 is 0.962 bits per heavy atom. The van der Waals surface area contributed by atoms with Crippen LogP contribution in [0.25, 0.3) is 0 Å². The van der Waals surface area contributed by atoms with Gasteiger partial charge in [0.15, 0.2) is 0 Å². The normalized spacial score (nSPS) is 14.9. The van der Waals surface area contributed by atoms with Gasteiger partial charge < -0.3 is 4.90 Å². The van der Waals surface area contributed by atoms with Crippen molar-refractivity contribution >= 4 is 21.6 Å². The lowest BCUT2D eigenvalue weighted by Crippen LogP contribution is -2.36. The number of piperidine rings is 1. The van der Waals surface area contributed by atoms with E-state index in [4.69, 9.17) is 0 Å². The van der Waals surface area contributed by atoms with Crippen molar-refractivity contribution < 1.29 is 13.2 Å². The molecular weight excluding hydrogens is 348 g/mol. The van der Waals surface area contributed by atoms with Crippen molar-refractivity contribution in [3.05, 3.63) is 59.2 Å². The van der Waals surface area contributed by atoms with E-state index in [0.717, 1.165) is 37.9 Å². The predicted molar refractivity (Wildman–Crippen MR) is 103 cm³/mol. The van der Waals surface area contributed by atoms with Crippen molar-refractivity contribution in [2.75, 3.05) is 17.8 Å². The number of hydrogen-bond donors (Lipinski definition) is 1. The van der Waals surface area contributed by atoms with E-state index in [0.29, 0.717) is 16.8 Å². The largest absolute Gasteiger partial charge is 0.339 e. The van der Waals surface area contributed by atoms with Crippen LogP contribution in [0.15, 0.2) is 47.4 Å². The highest BCUT2D eigenvalue weighted by molar-refractivity contribution is 7.92. The average molecular weight is 372 g/mol. The smallest absolute Gasteiger partial charge is 0.261 e. The Hall–Kier alpha value is -2.34. The molecule has 6 heteroatoms. The number of benzene rings is 2. The van der Waals surface area contributed by atoms with Gasteiger partial charge in [-0.2, -0.15) is 0 Å². The van der Waals surface area contributed by atoms with Crippen molar-refractivity contribution in [3.63, 3.8) is 0 Å². The van der Waals surface area contributed by atoms with Gasteiger partial charge >= 0.3 is 0 Å². The molecule has 26 heavy (non-hydrogen) atoms. The van der Waals surface area contributed by atoms with Gasteiger partial charge in [-0.25, -0.2) is 8.42 Å². The van der Waals surface area contributed by atoms with E-state index in [9.17, 15) is 13.2 Å². The molecule has 0 aromatic heterocycles. The highest BCUT2D eigenvalue weighted by Gasteiger charge is 2.22. The Kier molecular flexibility index (Phi) is 5.32. The standard InChI is InChI=1S/C20H24N2O3S/c1-15-9-11-17(12-10-15)26(24,25)21-19-8-6-7-18(16(19)2)20(23)22-13-4-3-5-14-22/h6-12,21H,3-5,13-14H2,1-2H3. The number of carbonyl (C=O) groups is 1. The van der Waals surface area contributed by atoms with Gasteiger partial charge in [0.25, 0.3) is 15.9 Å². The molecule has 138 valence electrons. The van der Waals surface area contributed by atoms with E-state index in [1.165, 1.54) is 0 Å². The number of anilines is 1. The summed E-state index contributed by atoms with van der Waals surface area (Å²) in [6, 6.07) is 11.8. The van der Waals surface area contributed by atoms with Crippen LogP contribution < -0.4 is 4.72 Å². The van der Waals surface area contributed by atoms with Gasteiger partial charge in [-0.15, -0.1) is 0 Å². The number of likely N-dealkylation sites (tertiary alicyclic amines) is 1. The van der Waals surface area contributed by atoms with E-state index in [1.54, 1.807) is 49.4 Å². The van der Waals surface area contributed by atoms with Crippen LogP contribution in [0, 0.1) is 13.8 Å². The molecular formula is C20H24N2O3S. The first kappa shape index (κ1) is 18.5. The van der Waals surface area contributed by atoms with Gasteiger partial charge in [0.05, 0.1) is 10.6 Å². The summed E-state index contributed by atoms with van der Waals surface area (Å²) in [6.07, 6.45) is 3.19. The van der Waals surface area contributed by atoms with E-state index in [-0.39, 0.29) is 10.8 Å². The lowest BCUT2D eigenvalue weighted by atomic mass is 10.0. The first-order valence-corrected chi connectivity index (χ1v) is 10.4. The van der Waals surface area contributed by atoms with Crippen molar-refractivity contribution in [3.8, 4) is 0 Å². The van der Waals surface area contributed by atoms with Crippen molar-refractivity contribution in [2.24, 2.45) is 0 Å². The molecule has 1 saturated heterocycles. The minimum atomic E-state index is -3.69. The van der Waals surface area contributed by atoms with Crippen LogP contribution in [0.2, 0.25) is 0 Å². The van der Waals surface area contributed by atoms with Crippen LogP contribution in [-0.4, -0.2) is 32.3 Å². The maximum atomic E-state index is 12.8. The minimum Gasteiger partial charge on any atom is -0.339 e. The summed E-state index contributed by atoms with van der Waals surface area (Å²) in [5.41, 5.74) is 2.64. The molecule has 0 aliphatic carbocycles. The summed E-state index contributed by atoms with van der Waals surface area (Å²) >= 11 is 0. The number of aryl methyl sites for hydroxylation is 1. The molecule has 0 saturated carbocycles. The first-order valence-electron chi connectivity index (χ1n) is 8.87. The number of amides is 1. The van der Waals surface area contributed by atoms with Crippen molar-refractivity contribution in [2.45, 2.75) is 38.0 Å². The van der Waals surface area contributed by atoms with Crippen LogP contribution in [0.5, 0.6) is 0 Å². The Morgan fingerprint density at radius 3 is 2.27 bits per heavy atom. The minimum absolute atomic E-state index is 0.0291. The molecule has 2 aromatic carbocycles. The number of sulfonamides is 1. The molecule has 1 N–H and O–H groups in total. The third-order valence-corrected chi connectivity index (χ3v) is 6.16. The Labute approximate surface area is 155 Å². The van der Waals surface area contributed by atoms with Crippen LogP contribution in [0.4, 0.5) is 5.69 Å². The maximum absolute atomic E-state index is 12.8. The van der Waals surface area contributed by atoms with Crippen LogP contribution in [-0.2, 0) is 10.0 Å². The summed E-state index contributed by atoms with van der Waals surface area (Å²) in [7, 11) is -3.69. The molecule has 0 bridgehead atoms. The molecule has 1 fully saturated rings. The number of nitrogens with zero attached hydrogens (tertiary/aromatic N) is 1. The van der Waals surface area contributed by atoms with Crippen molar-refractivity contribution in [1.82, 2.24) is 4.90 Å². The number of hydrogen-bond acceptors (Lipinski definition) is 3. The third kappa shape index (κ3) is 3.90. The predicted octanol–water partition coefficient (Wildman–Crippen LogP) is 3.73. The second kappa shape index (κ2) is 7.50. The zero-order chi connectivity index (χ0) is 18.7. The molecule has 0 atom stereocenters. The Bertz CT molecular complexity index is 899. The highest BCUT2D eigenvalue weighted by Crippen LogP contribution is 2.24. The Morgan fingerprint density at radius 2 is 1.62 bits per heavy atom. The van der Waals surface area contributed by atoms with Crippen LogP contribution in [0.3, 0.4) is 0 Å². The fraction of sp³-hybridized carbons (Fsp3) is 0.350. The van der Waals surface area contributed by atoms with Gasteiger partial charge in [-0.3, -0.25) is 9.52 Å². The molecule has 0 unspecified atom stereocenters. The third-order valence-electron chi connectivity index (χ3n) is 4.78. The van der Waals surface area contributed by atoms with Gasteiger partial charge in [-0.1, -0.05) is 23.8 Å². The van der Waals surface area contributed by atoms with Gasteiger partial charge in [-0.05, 0) is 62.9 Å². The molecule has 3 rings (SSSR count). The van der Waals surface area contributed by atoms with Gasteiger partial charge in [0.1, 0.15) is 0 Å². The summed E-state index contributed by atoms with van der Waals surface area (Å²) in [5, 5.41) is 0. The summed E-state index contributed by atoms with van der Waals surface area (Å²) in [6.45, 7) is 5.21. The van der Waals surface area contributed by atoms with E-state index >= 15 is 0 Å². The van der Waals surface area contributed by atoms with Gasteiger partial charge in [0.2, 0.25) is 0 Å². The maximum Gasteiger partial charge on any atom is 0.261 e. The fourth-order valence-electron chi connectivity index (χ4n) is 3.17. The zero-order valence-electron chi connectivity index (χ0n) is 15.2. The van der Waals surface area contributed by atoms with E-state index in [1.807, 2.05) is 11.8 Å². The average Bonchev–Trinajstić information content (AvgIpc) is 2.64. The van der Waals surface area contributed by atoms with E-state index in [2.05, 4.69) is 4.72 Å². The van der Waals surface area contributed by atoms with E-state index < -0.39 is 10.0 Å². The summed E-state index contributed by atoms with van der Waals surface area (Å²) in [4.78, 5) is 14.8. The van der Waals surface area contributed by atoms with Crippen molar-refractivity contribution in [1.29, 1.82) is 0 Å². The summed E-state index contributed by atoms with van der Waals surface area (Å²) < 4.78 is 27.9. The molecule has 1 aliphatic rings. The SMILES string of the molecule is Cc1ccc(S(=O)(=O)Nc2cccc(C(=O)N3CCCCC3)c2C)cc1. The lowest BCUT2D eigenvalue weighted by molar-refractivity contribution is 0.0723. The summed E-state index contributed by atoms with van der Waals surface area (Å²) in [5.74, 6) is -0.0291. The molecule has 0 radical (unpaired) electrons. The zero-order valence-corrected chi connectivity index (χ0v) is 16.0. The Balaban J connectivity index is 1.87. The number of rotatable bonds is 4. The van der Waals surface area contributed by atoms with Gasteiger partial charge in [0, 0.05) is 18.7 Å². The second-order valence-corrected chi connectivity index (χ2v) is 8.43. The highest BCUT2D eigenvalue weighted by atomic mass is 32.2. The quantitative estimate of drug-likeness (QED) is 0.889. The monoisotopic (exact) mass is 372 g/mol. The van der Waals surface area contributed by atoms with Crippen LogP contribution >= 0.6 is 0 Å². The molecule has 5 nitrogen and oxygen atoms in total. The lowest BCUT2D eigenvalue weighted by Gasteiger charge is -2.27. The molecule has 1 aliphatic heterocycles. The molecule has 2 aromatic rings. The molecule has 0 spiro atoms. The first-order chi connectivity index (χ1) is 12.4. The molecule has 1 heterocycles.